The van der Waals surface area contributed by atoms with Crippen LogP contribution < -0.4 is 0 Å². The van der Waals surface area contributed by atoms with Crippen molar-refractivity contribution in [2.45, 2.75) is 19.8 Å². The average molecular weight is 221 g/mol. The molecule has 0 bridgehead atoms. The van der Waals surface area contributed by atoms with Gasteiger partial charge in [0.15, 0.2) is 12.5 Å². The fourth-order valence-electron chi connectivity index (χ4n) is 0.641. The summed E-state index contributed by atoms with van der Waals surface area (Å²) >= 11 is 0. The van der Waals surface area contributed by atoms with Gasteiger partial charge in [0.05, 0.1) is 0 Å². The molecule has 15 heavy (non-hydrogen) atoms. The van der Waals surface area contributed by atoms with E-state index in [4.69, 9.17) is 25.2 Å². The van der Waals surface area contributed by atoms with Crippen LogP contribution >= 0.6 is 0 Å². The Kier molecular flexibility index (Phi) is 9.44. The Hall–Kier alpha value is -1.63. The van der Waals surface area contributed by atoms with Crippen molar-refractivity contribution >= 4 is 17.9 Å². The minimum absolute atomic E-state index is 0.199. The van der Waals surface area contributed by atoms with Gasteiger partial charge in [-0.3, -0.25) is 9.59 Å². The lowest BCUT2D eigenvalue weighted by molar-refractivity contribution is -0.154. The second-order valence-electron chi connectivity index (χ2n) is 2.56. The van der Waals surface area contributed by atoms with Crippen LogP contribution in [0.3, 0.4) is 0 Å². The van der Waals surface area contributed by atoms with Crippen LogP contribution in [0.4, 0.5) is 0 Å². The first-order valence-electron chi connectivity index (χ1n) is 4.12. The molecule has 7 nitrogen and oxygen atoms in total. The van der Waals surface area contributed by atoms with Crippen molar-refractivity contribution < 1.29 is 34.8 Å². The highest BCUT2D eigenvalue weighted by Crippen LogP contribution is 2.05. The molecule has 0 aliphatic rings. The summed E-state index contributed by atoms with van der Waals surface area (Å²) in [5, 5.41) is 33.0. The zero-order chi connectivity index (χ0) is 12.4. The molecule has 0 heterocycles. The van der Waals surface area contributed by atoms with Crippen molar-refractivity contribution in [1.29, 1.82) is 0 Å². The van der Waals surface area contributed by atoms with Crippen LogP contribution in [0.25, 0.3) is 0 Å². The summed E-state index contributed by atoms with van der Waals surface area (Å²) in [6.07, 6.45) is 0.772. The molecule has 0 saturated carbocycles. The van der Waals surface area contributed by atoms with E-state index < -0.39 is 30.4 Å². The van der Waals surface area contributed by atoms with E-state index in [-0.39, 0.29) is 6.42 Å². The summed E-state index contributed by atoms with van der Waals surface area (Å²) in [7, 11) is 0. The first kappa shape index (κ1) is 15.8. The van der Waals surface area contributed by atoms with Gasteiger partial charge >= 0.3 is 17.9 Å². The molecule has 0 fully saturated rings. The lowest BCUT2D eigenvalue weighted by Crippen LogP contribution is -2.22. The minimum atomic E-state index is -1.30. The summed E-state index contributed by atoms with van der Waals surface area (Å²) in [6, 6.07) is 0. The third kappa shape index (κ3) is 10.3. The Morgan fingerprint density at radius 1 is 1.07 bits per heavy atom. The lowest BCUT2D eigenvalue weighted by Gasteiger charge is -2.02. The van der Waals surface area contributed by atoms with E-state index in [0.29, 0.717) is 6.42 Å². The highest BCUT2D eigenvalue weighted by molar-refractivity contribution is 5.92. The molecule has 0 saturated heterocycles. The van der Waals surface area contributed by atoms with Crippen LogP contribution in [0, 0.1) is 5.92 Å². The molecule has 0 unspecified atom stereocenters. The molecular formula is C8H13O7. The maximum absolute atomic E-state index is 10.2. The monoisotopic (exact) mass is 221 g/mol. The van der Waals surface area contributed by atoms with Crippen LogP contribution in [-0.2, 0) is 19.5 Å². The van der Waals surface area contributed by atoms with E-state index in [1.807, 2.05) is 0 Å². The fraction of sp³-hybridized carbons (Fsp3) is 0.625. The molecule has 0 aliphatic heterocycles. The van der Waals surface area contributed by atoms with Crippen LogP contribution in [0.15, 0.2) is 0 Å². The third-order valence-corrected chi connectivity index (χ3v) is 1.30. The Labute approximate surface area is 86.0 Å². The van der Waals surface area contributed by atoms with Crippen molar-refractivity contribution in [3.63, 3.8) is 0 Å². The number of hydrogen-bond donors (Lipinski definition) is 3. The molecule has 0 aromatic heterocycles. The van der Waals surface area contributed by atoms with Crippen molar-refractivity contribution in [2.24, 2.45) is 5.92 Å². The number of hydrogen-bond acceptors (Lipinski definition) is 3. The normalized spacial score (nSPS) is 9.00. The summed E-state index contributed by atoms with van der Waals surface area (Å²) in [5.41, 5.74) is 0. The lowest BCUT2D eigenvalue weighted by atomic mass is 10.1. The molecule has 0 spiro atoms. The minimum Gasteiger partial charge on any atom is -0.481 e. The second-order valence-corrected chi connectivity index (χ2v) is 2.56. The SMILES string of the molecule is CCCC(C(=O)O)C(=O)O.[O]CC(=O)O. The van der Waals surface area contributed by atoms with E-state index in [2.05, 4.69) is 0 Å². The summed E-state index contributed by atoms with van der Waals surface area (Å²) in [5.74, 6) is -5.04. The van der Waals surface area contributed by atoms with E-state index in [1.165, 1.54) is 0 Å². The van der Waals surface area contributed by atoms with Gasteiger partial charge in [-0.1, -0.05) is 13.3 Å². The number of carboxylic acid groups (broad SMARTS) is 3. The molecule has 3 N–H and O–H groups in total. The topological polar surface area (TPSA) is 132 Å². The van der Waals surface area contributed by atoms with Crippen LogP contribution in [-0.4, -0.2) is 39.8 Å². The van der Waals surface area contributed by atoms with Crippen LogP contribution in [0.2, 0.25) is 0 Å². The maximum atomic E-state index is 10.2. The average Bonchev–Trinajstić information content (AvgIpc) is 2.14. The summed E-state index contributed by atoms with van der Waals surface area (Å²) in [6.45, 7) is 0.721. The quantitative estimate of drug-likeness (QED) is 0.563. The molecule has 0 aromatic rings. The van der Waals surface area contributed by atoms with Crippen molar-refractivity contribution in [1.82, 2.24) is 0 Å². The number of rotatable bonds is 5. The fourth-order valence-corrected chi connectivity index (χ4v) is 0.641. The Morgan fingerprint density at radius 2 is 1.40 bits per heavy atom. The Morgan fingerprint density at radius 3 is 1.47 bits per heavy atom. The van der Waals surface area contributed by atoms with Gasteiger partial charge in [-0.2, -0.15) is 0 Å². The first-order chi connectivity index (χ1) is 6.86. The zero-order valence-corrected chi connectivity index (χ0v) is 8.17. The second kappa shape index (κ2) is 8.95. The molecule has 7 heteroatoms. The first-order valence-corrected chi connectivity index (χ1v) is 4.12. The third-order valence-electron chi connectivity index (χ3n) is 1.30. The number of carbonyl (C=O) groups is 3. The molecule has 87 valence electrons. The van der Waals surface area contributed by atoms with E-state index in [1.54, 1.807) is 6.92 Å². The maximum Gasteiger partial charge on any atom is 0.333 e. The molecule has 0 aliphatic carbocycles. The predicted molar refractivity (Wildman–Crippen MR) is 46.9 cm³/mol. The van der Waals surface area contributed by atoms with Gasteiger partial charge in [0.25, 0.3) is 0 Å². The van der Waals surface area contributed by atoms with Crippen LogP contribution in [0.5, 0.6) is 0 Å². The Balaban J connectivity index is 0. The predicted octanol–water partition coefficient (Wildman–Crippen LogP) is 0.0734. The van der Waals surface area contributed by atoms with Gasteiger partial charge in [0.2, 0.25) is 0 Å². The van der Waals surface area contributed by atoms with E-state index in [0.717, 1.165) is 0 Å². The smallest absolute Gasteiger partial charge is 0.333 e. The summed E-state index contributed by atoms with van der Waals surface area (Å²) < 4.78 is 0. The van der Waals surface area contributed by atoms with E-state index >= 15 is 0 Å². The highest BCUT2D eigenvalue weighted by atomic mass is 16.4. The molecule has 0 atom stereocenters. The highest BCUT2D eigenvalue weighted by Gasteiger charge is 2.23. The van der Waals surface area contributed by atoms with Gasteiger partial charge in [-0.25, -0.2) is 9.90 Å². The van der Waals surface area contributed by atoms with Crippen molar-refractivity contribution in [2.75, 3.05) is 6.61 Å². The molecule has 0 amide bonds. The molecular weight excluding hydrogens is 208 g/mol. The van der Waals surface area contributed by atoms with E-state index in [9.17, 15) is 9.59 Å². The number of carboxylic acids is 3. The van der Waals surface area contributed by atoms with Gasteiger partial charge in [-0.05, 0) is 6.42 Å². The zero-order valence-electron chi connectivity index (χ0n) is 8.17. The van der Waals surface area contributed by atoms with Crippen LogP contribution in [0.1, 0.15) is 19.8 Å². The van der Waals surface area contributed by atoms with Gasteiger partial charge < -0.3 is 15.3 Å². The van der Waals surface area contributed by atoms with Gasteiger partial charge in [0.1, 0.15) is 0 Å². The molecule has 0 rings (SSSR count). The molecule has 1 radical (unpaired) electrons. The van der Waals surface area contributed by atoms with Crippen molar-refractivity contribution in [3.05, 3.63) is 0 Å². The Bertz CT molecular complexity index is 209. The van der Waals surface area contributed by atoms with Crippen molar-refractivity contribution in [3.8, 4) is 0 Å². The standard InChI is InChI=1S/C6H10O4.C2H3O3/c1-2-3-4(5(7)8)6(9)10;3-1-2(4)5/h4H,2-3H2,1H3,(H,7,8)(H,9,10);1H2,(H,4,5). The van der Waals surface area contributed by atoms with Gasteiger partial charge in [0, 0.05) is 0 Å². The molecule has 0 aromatic carbocycles. The number of aliphatic carboxylic acids is 3. The summed E-state index contributed by atoms with van der Waals surface area (Å²) in [4.78, 5) is 29.4. The largest absolute Gasteiger partial charge is 0.481 e. The van der Waals surface area contributed by atoms with Gasteiger partial charge in [-0.15, -0.1) is 0 Å².